The largest absolute Gasteiger partial charge is 0.507 e. The third-order valence-corrected chi connectivity index (χ3v) is 5.07. The second-order valence-corrected chi connectivity index (χ2v) is 8.12. The number of hydrogen-bond acceptors (Lipinski definition) is 7. The number of esters is 1. The third kappa shape index (κ3) is 4.46. The number of rotatable bonds is 6. The highest BCUT2D eigenvalue weighted by Gasteiger charge is 2.47. The molecule has 0 bridgehead atoms. The minimum absolute atomic E-state index is 0.0111. The Morgan fingerprint density at radius 3 is 2.33 bits per heavy atom. The highest BCUT2D eigenvalue weighted by molar-refractivity contribution is 6.31. The van der Waals surface area contributed by atoms with Crippen LogP contribution in [0.15, 0.2) is 53.2 Å². The van der Waals surface area contributed by atoms with Crippen molar-refractivity contribution in [3.63, 3.8) is 0 Å². The summed E-state index contributed by atoms with van der Waals surface area (Å²) in [6.45, 7) is 6.64. The molecular formula is C22H25ClO7. The lowest BCUT2D eigenvalue weighted by Crippen LogP contribution is -2.37. The number of aliphatic hydroxyl groups excluding tert-OH is 2. The van der Waals surface area contributed by atoms with Crippen molar-refractivity contribution in [2.45, 2.75) is 33.8 Å². The van der Waals surface area contributed by atoms with E-state index in [1.807, 2.05) is 0 Å². The van der Waals surface area contributed by atoms with Gasteiger partial charge in [0.2, 0.25) is 0 Å². The van der Waals surface area contributed by atoms with Crippen molar-refractivity contribution in [1.82, 2.24) is 0 Å². The van der Waals surface area contributed by atoms with Gasteiger partial charge in [0.1, 0.15) is 11.5 Å². The van der Waals surface area contributed by atoms with Gasteiger partial charge in [-0.05, 0) is 38.1 Å². The number of carbonyl (C=O) groups excluding carboxylic acids is 2. The number of phenols is 1. The Bertz CT molecular complexity index is 954. The Morgan fingerprint density at radius 2 is 1.80 bits per heavy atom. The molecule has 0 fully saturated rings. The van der Waals surface area contributed by atoms with E-state index >= 15 is 0 Å². The van der Waals surface area contributed by atoms with E-state index < -0.39 is 40.7 Å². The molecule has 30 heavy (non-hydrogen) atoms. The molecule has 0 radical (unpaired) electrons. The first-order valence-electron chi connectivity index (χ1n) is 9.25. The number of allylic oxidation sites excluding steroid dienone is 2. The van der Waals surface area contributed by atoms with Gasteiger partial charge in [0.15, 0.2) is 17.3 Å². The van der Waals surface area contributed by atoms with Gasteiger partial charge in [-0.25, -0.2) is 4.79 Å². The molecule has 1 aliphatic carbocycles. The summed E-state index contributed by atoms with van der Waals surface area (Å²) in [7, 11) is 1.31. The summed E-state index contributed by atoms with van der Waals surface area (Å²) in [6, 6.07) is 4.11. The zero-order valence-electron chi connectivity index (χ0n) is 17.4. The van der Waals surface area contributed by atoms with E-state index in [1.165, 1.54) is 37.5 Å². The number of aliphatic hydroxyl groups is 2. The summed E-state index contributed by atoms with van der Waals surface area (Å²) < 4.78 is 10.5. The molecule has 2 rings (SSSR count). The van der Waals surface area contributed by atoms with E-state index in [0.29, 0.717) is 0 Å². The monoisotopic (exact) mass is 436 g/mol. The maximum Gasteiger partial charge on any atom is 0.338 e. The number of aromatic hydroxyl groups is 1. The first-order chi connectivity index (χ1) is 13.9. The number of halogens is 1. The number of ketones is 1. The molecule has 0 spiro atoms. The van der Waals surface area contributed by atoms with Crippen molar-refractivity contribution < 1.29 is 34.4 Å². The van der Waals surface area contributed by atoms with Gasteiger partial charge in [0.25, 0.3) is 0 Å². The molecule has 162 valence electrons. The van der Waals surface area contributed by atoms with E-state index in [-0.39, 0.29) is 27.7 Å². The summed E-state index contributed by atoms with van der Waals surface area (Å²) in [4.78, 5) is 25.2. The molecule has 1 aliphatic rings. The fraction of sp³-hybridized carbons (Fsp3) is 0.364. The number of benzene rings is 1. The molecular weight excluding hydrogens is 412 g/mol. The predicted molar refractivity (Wildman–Crippen MR) is 111 cm³/mol. The summed E-state index contributed by atoms with van der Waals surface area (Å²) in [5.41, 5.74) is -1.19. The molecule has 0 heterocycles. The molecule has 0 saturated carbocycles. The van der Waals surface area contributed by atoms with Crippen LogP contribution in [0.2, 0.25) is 5.02 Å². The van der Waals surface area contributed by atoms with Crippen molar-refractivity contribution in [2.24, 2.45) is 11.3 Å². The maximum absolute atomic E-state index is 12.6. The summed E-state index contributed by atoms with van der Waals surface area (Å²) in [5.74, 6) is -3.61. The zero-order valence-corrected chi connectivity index (χ0v) is 18.1. The molecule has 1 aromatic rings. The molecule has 0 aliphatic heterocycles. The number of methoxy groups -OCH3 is 1. The quantitative estimate of drug-likeness (QED) is 0.338. The van der Waals surface area contributed by atoms with Crippen LogP contribution in [0, 0.1) is 11.3 Å². The molecule has 7 nitrogen and oxygen atoms in total. The standard InChI is InChI=1S/C22H25ClO7/c1-11(2)30-21(28)17-18(26)19(27)20(29-5)14(22(17,3)4)8-9-15(24)13-7-6-12(23)10-16(13)25/h6-11,14,25-27H,1-5H3. The van der Waals surface area contributed by atoms with Crippen LogP contribution < -0.4 is 0 Å². The minimum Gasteiger partial charge on any atom is -0.507 e. The second kappa shape index (κ2) is 8.83. The van der Waals surface area contributed by atoms with Crippen molar-refractivity contribution >= 4 is 23.4 Å². The van der Waals surface area contributed by atoms with Gasteiger partial charge in [-0.15, -0.1) is 0 Å². The van der Waals surface area contributed by atoms with E-state index in [9.17, 15) is 24.9 Å². The number of ether oxygens (including phenoxy) is 2. The average molecular weight is 437 g/mol. The number of hydrogen-bond donors (Lipinski definition) is 3. The van der Waals surface area contributed by atoms with Crippen LogP contribution >= 0.6 is 11.6 Å². The Kier molecular flexibility index (Phi) is 6.87. The molecule has 3 N–H and O–H groups in total. The van der Waals surface area contributed by atoms with Crippen molar-refractivity contribution in [3.05, 3.63) is 63.8 Å². The minimum atomic E-state index is -1.09. The van der Waals surface area contributed by atoms with Crippen LogP contribution in [-0.2, 0) is 14.3 Å². The fourth-order valence-electron chi connectivity index (χ4n) is 3.34. The topological polar surface area (TPSA) is 113 Å². The van der Waals surface area contributed by atoms with Gasteiger partial charge < -0.3 is 24.8 Å². The van der Waals surface area contributed by atoms with E-state index in [0.717, 1.165) is 0 Å². The zero-order chi connectivity index (χ0) is 22.8. The van der Waals surface area contributed by atoms with Crippen LogP contribution in [-0.4, -0.2) is 40.3 Å². The molecule has 1 atom stereocenters. The third-order valence-electron chi connectivity index (χ3n) is 4.83. The van der Waals surface area contributed by atoms with Crippen molar-refractivity contribution in [2.75, 3.05) is 7.11 Å². The molecule has 8 heteroatoms. The normalized spacial score (nSPS) is 18.8. The smallest absolute Gasteiger partial charge is 0.338 e. The molecule has 1 aromatic carbocycles. The lowest BCUT2D eigenvalue weighted by atomic mass is 9.68. The first-order valence-corrected chi connectivity index (χ1v) is 9.62. The summed E-state index contributed by atoms with van der Waals surface area (Å²) in [6.07, 6.45) is 2.21. The predicted octanol–water partition coefficient (Wildman–Crippen LogP) is 4.62. The molecule has 0 saturated heterocycles. The lowest BCUT2D eigenvalue weighted by Gasteiger charge is -2.38. The van der Waals surface area contributed by atoms with Gasteiger partial charge in [0.05, 0.1) is 24.4 Å². The summed E-state index contributed by atoms with van der Waals surface area (Å²) >= 11 is 5.79. The number of carbonyl (C=O) groups is 2. The maximum atomic E-state index is 12.6. The van der Waals surface area contributed by atoms with Gasteiger partial charge in [-0.2, -0.15) is 0 Å². The Morgan fingerprint density at radius 1 is 1.17 bits per heavy atom. The molecule has 1 unspecified atom stereocenters. The van der Waals surface area contributed by atoms with Gasteiger partial charge in [0, 0.05) is 16.4 Å². The van der Waals surface area contributed by atoms with Crippen LogP contribution in [0.3, 0.4) is 0 Å². The Labute approximate surface area is 179 Å². The Hall–Kier alpha value is -2.93. The average Bonchev–Trinajstić information content (AvgIpc) is 2.62. The SMILES string of the molecule is COC1=C(O)C(O)=C(C(=O)OC(C)C)C(C)(C)C1C=CC(=O)c1ccc(Cl)cc1O. The van der Waals surface area contributed by atoms with Crippen LogP contribution in [0.5, 0.6) is 5.75 Å². The number of phenolic OH excluding ortho intramolecular Hbond substituents is 1. The van der Waals surface area contributed by atoms with Crippen molar-refractivity contribution in [1.29, 1.82) is 0 Å². The second-order valence-electron chi connectivity index (χ2n) is 7.68. The van der Waals surface area contributed by atoms with Crippen LogP contribution in [0.4, 0.5) is 0 Å². The van der Waals surface area contributed by atoms with Crippen molar-refractivity contribution in [3.8, 4) is 5.75 Å². The fourth-order valence-corrected chi connectivity index (χ4v) is 3.51. The van der Waals surface area contributed by atoms with Gasteiger partial charge in [-0.3, -0.25) is 4.79 Å². The van der Waals surface area contributed by atoms with Crippen LogP contribution in [0.1, 0.15) is 38.1 Å². The van der Waals surface area contributed by atoms with E-state index in [2.05, 4.69) is 0 Å². The van der Waals surface area contributed by atoms with E-state index in [4.69, 9.17) is 21.1 Å². The van der Waals surface area contributed by atoms with Crippen LogP contribution in [0.25, 0.3) is 0 Å². The highest BCUT2D eigenvalue weighted by Crippen LogP contribution is 2.47. The molecule has 0 aromatic heterocycles. The summed E-state index contributed by atoms with van der Waals surface area (Å²) in [5, 5.41) is 31.1. The Balaban J connectivity index is 2.49. The van der Waals surface area contributed by atoms with E-state index in [1.54, 1.807) is 27.7 Å². The molecule has 0 amide bonds. The van der Waals surface area contributed by atoms with Gasteiger partial charge >= 0.3 is 5.97 Å². The van der Waals surface area contributed by atoms with Gasteiger partial charge in [-0.1, -0.05) is 31.5 Å². The lowest BCUT2D eigenvalue weighted by molar-refractivity contribution is -0.144. The first kappa shape index (κ1) is 23.3. The highest BCUT2D eigenvalue weighted by atomic mass is 35.5.